The average molecular weight is 193 g/mol. The van der Waals surface area contributed by atoms with Gasteiger partial charge in [-0.15, -0.1) is 0 Å². The van der Waals surface area contributed by atoms with Crippen LogP contribution in [0.2, 0.25) is 0 Å². The van der Waals surface area contributed by atoms with Gasteiger partial charge >= 0.3 is 63.3 Å². The van der Waals surface area contributed by atoms with E-state index >= 15 is 0 Å². The second-order valence-electron chi connectivity index (χ2n) is 2.73. The average Bonchev–Trinajstić information content (AvgIpc) is 1.62. The molecule has 0 aromatic carbocycles. The molecule has 4 heteroatoms. The summed E-state index contributed by atoms with van der Waals surface area (Å²) in [4.78, 5) is 4.15. The van der Waals surface area contributed by atoms with E-state index in [0.717, 1.165) is 0 Å². The molecule has 0 unspecified atom stereocenters. The van der Waals surface area contributed by atoms with Crippen molar-refractivity contribution in [2.24, 2.45) is 10.8 Å². The summed E-state index contributed by atoms with van der Waals surface area (Å²) in [7, 11) is 0. The van der Waals surface area contributed by atoms with E-state index in [1.807, 2.05) is 20.8 Å². The van der Waals surface area contributed by atoms with Crippen LogP contribution in [0, 0.1) is 0 Å². The number of amidine groups is 1. The van der Waals surface area contributed by atoms with Crippen LogP contribution in [0.25, 0.3) is 0 Å². The van der Waals surface area contributed by atoms with Crippen LogP contribution in [0.3, 0.4) is 0 Å². The zero-order chi connectivity index (χ0) is 7.49. The predicted octanol–water partition coefficient (Wildman–Crippen LogP) is -0.227. The standard InChI is InChI=1S/C5H12N3Se/c1-5(2,3)7-4(9)8-6/h6H2,1-3H3,(H,7,8). The van der Waals surface area contributed by atoms with Crippen LogP contribution in [0.15, 0.2) is 4.99 Å². The van der Waals surface area contributed by atoms with Gasteiger partial charge in [0.15, 0.2) is 0 Å². The van der Waals surface area contributed by atoms with E-state index in [1.54, 1.807) is 0 Å². The molecule has 0 aliphatic carbocycles. The predicted molar refractivity (Wildman–Crippen MR) is 40.3 cm³/mol. The van der Waals surface area contributed by atoms with E-state index in [9.17, 15) is 0 Å². The molecule has 0 amide bonds. The van der Waals surface area contributed by atoms with Crippen molar-refractivity contribution in [2.45, 2.75) is 26.3 Å². The summed E-state index contributed by atoms with van der Waals surface area (Å²) in [5.41, 5.74) is 2.35. The van der Waals surface area contributed by atoms with Gasteiger partial charge in [0.25, 0.3) is 0 Å². The Bertz CT molecular complexity index is 114. The van der Waals surface area contributed by atoms with Gasteiger partial charge in [0, 0.05) is 0 Å². The Morgan fingerprint density at radius 3 is 2.11 bits per heavy atom. The van der Waals surface area contributed by atoms with Gasteiger partial charge in [0.1, 0.15) is 0 Å². The van der Waals surface area contributed by atoms with Crippen molar-refractivity contribution in [3.8, 4) is 0 Å². The number of nitrogens with zero attached hydrogens (tertiary/aromatic N) is 1. The molecule has 0 saturated carbocycles. The van der Waals surface area contributed by atoms with Crippen molar-refractivity contribution in [2.75, 3.05) is 0 Å². The summed E-state index contributed by atoms with van der Waals surface area (Å²) >= 11 is 2.70. The van der Waals surface area contributed by atoms with Gasteiger partial charge < -0.3 is 0 Å². The first-order valence-electron chi connectivity index (χ1n) is 2.69. The molecule has 3 nitrogen and oxygen atoms in total. The Balaban J connectivity index is 3.95. The molecular weight excluding hydrogens is 181 g/mol. The molecule has 0 heterocycles. The van der Waals surface area contributed by atoms with Crippen molar-refractivity contribution in [1.82, 2.24) is 5.43 Å². The van der Waals surface area contributed by atoms with Crippen LogP contribution in [0.1, 0.15) is 20.8 Å². The second kappa shape index (κ2) is 3.20. The van der Waals surface area contributed by atoms with Gasteiger partial charge in [-0.3, -0.25) is 0 Å². The third-order valence-electron chi connectivity index (χ3n) is 0.560. The fourth-order valence-corrected chi connectivity index (χ4v) is 0.911. The maximum absolute atomic E-state index is 5.07. The number of hydrazine groups is 1. The van der Waals surface area contributed by atoms with Crippen molar-refractivity contribution in [3.05, 3.63) is 0 Å². The Hall–Kier alpha value is -0.0505. The number of rotatable bonds is 0. The fraction of sp³-hybridized carbons (Fsp3) is 0.800. The van der Waals surface area contributed by atoms with Gasteiger partial charge in [0.05, 0.1) is 0 Å². The molecule has 0 rings (SSSR count). The van der Waals surface area contributed by atoms with Crippen LogP contribution in [0.4, 0.5) is 0 Å². The number of hydrogen-bond donors (Lipinski definition) is 2. The number of hydrogen-bond acceptors (Lipinski definition) is 2. The van der Waals surface area contributed by atoms with Crippen LogP contribution in [-0.2, 0) is 0 Å². The maximum atomic E-state index is 5.07. The Morgan fingerprint density at radius 1 is 1.56 bits per heavy atom. The zero-order valence-corrected chi connectivity index (χ0v) is 7.65. The minimum absolute atomic E-state index is 0.0625. The zero-order valence-electron chi connectivity index (χ0n) is 5.93. The Kier molecular flexibility index (Phi) is 3.18. The van der Waals surface area contributed by atoms with Gasteiger partial charge in [-0.2, -0.15) is 0 Å². The van der Waals surface area contributed by atoms with Crippen LogP contribution >= 0.6 is 0 Å². The van der Waals surface area contributed by atoms with Gasteiger partial charge in [-0.1, -0.05) is 0 Å². The molecule has 1 radical (unpaired) electrons. The van der Waals surface area contributed by atoms with Crippen LogP contribution in [-0.4, -0.2) is 26.3 Å². The quantitative estimate of drug-likeness (QED) is 0.183. The number of aliphatic imine (C=N–C) groups is 1. The minimum atomic E-state index is -0.0625. The van der Waals surface area contributed by atoms with Gasteiger partial charge in [-0.05, 0) is 0 Å². The number of nitrogens with two attached hydrogens (primary N) is 1. The van der Waals surface area contributed by atoms with E-state index in [0.29, 0.717) is 4.73 Å². The van der Waals surface area contributed by atoms with Crippen molar-refractivity contribution in [3.63, 3.8) is 0 Å². The first-order valence-corrected chi connectivity index (χ1v) is 3.55. The molecule has 9 heavy (non-hydrogen) atoms. The monoisotopic (exact) mass is 194 g/mol. The number of nitrogens with one attached hydrogen (secondary N) is 1. The molecule has 0 aliphatic heterocycles. The normalized spacial score (nSPS) is 13.6. The topological polar surface area (TPSA) is 50.4 Å². The first-order chi connectivity index (χ1) is 3.95. The molecule has 0 spiro atoms. The molecule has 0 fully saturated rings. The summed E-state index contributed by atoms with van der Waals surface area (Å²) in [6.45, 7) is 6.00. The van der Waals surface area contributed by atoms with Crippen LogP contribution < -0.4 is 11.3 Å². The van der Waals surface area contributed by atoms with E-state index in [2.05, 4.69) is 26.4 Å². The Morgan fingerprint density at radius 2 is 2.00 bits per heavy atom. The molecule has 0 bridgehead atoms. The summed E-state index contributed by atoms with van der Waals surface area (Å²) in [6.07, 6.45) is 0. The summed E-state index contributed by atoms with van der Waals surface area (Å²) in [6, 6.07) is 0. The van der Waals surface area contributed by atoms with E-state index < -0.39 is 0 Å². The third-order valence-corrected chi connectivity index (χ3v) is 0.999. The summed E-state index contributed by atoms with van der Waals surface area (Å²) in [5, 5.41) is 0. The molecule has 3 N–H and O–H groups in total. The second-order valence-corrected chi connectivity index (χ2v) is 3.54. The van der Waals surface area contributed by atoms with Gasteiger partial charge in [0.2, 0.25) is 0 Å². The fourth-order valence-electron chi connectivity index (χ4n) is 0.337. The molecular formula is C5H12N3Se. The van der Waals surface area contributed by atoms with Crippen molar-refractivity contribution >= 4 is 20.7 Å². The molecule has 0 aromatic heterocycles. The van der Waals surface area contributed by atoms with Gasteiger partial charge in [-0.25, -0.2) is 0 Å². The van der Waals surface area contributed by atoms with Crippen molar-refractivity contribution < 1.29 is 0 Å². The van der Waals surface area contributed by atoms with E-state index in [4.69, 9.17) is 5.84 Å². The Labute approximate surface area is 63.9 Å². The SMILES string of the molecule is CC(C)(C)N=C([Se])NN. The molecule has 0 aromatic rings. The third kappa shape index (κ3) is 5.83. The van der Waals surface area contributed by atoms with Crippen LogP contribution in [0.5, 0.6) is 0 Å². The molecule has 0 saturated heterocycles. The summed E-state index contributed by atoms with van der Waals surface area (Å²) in [5.74, 6) is 5.07. The summed E-state index contributed by atoms with van der Waals surface area (Å²) < 4.78 is 0.641. The van der Waals surface area contributed by atoms with Crippen molar-refractivity contribution in [1.29, 1.82) is 0 Å². The molecule has 0 aliphatic rings. The van der Waals surface area contributed by atoms with E-state index in [-0.39, 0.29) is 5.54 Å². The first kappa shape index (κ1) is 8.95. The van der Waals surface area contributed by atoms with E-state index in [1.165, 1.54) is 0 Å². The molecule has 53 valence electrons. The molecule has 0 atom stereocenters.